The van der Waals surface area contributed by atoms with Crippen molar-refractivity contribution in [1.82, 2.24) is 5.32 Å². The van der Waals surface area contributed by atoms with Crippen LogP contribution in [0.1, 0.15) is 23.6 Å². The molecule has 0 aliphatic carbocycles. The minimum absolute atomic E-state index is 0.158. The van der Waals surface area contributed by atoms with E-state index in [2.05, 4.69) is 37.2 Å². The van der Waals surface area contributed by atoms with Crippen molar-refractivity contribution in [2.75, 3.05) is 0 Å². The van der Waals surface area contributed by atoms with E-state index in [4.69, 9.17) is 6.42 Å². The highest BCUT2D eigenvalue weighted by Crippen LogP contribution is 2.16. The molecule has 0 aliphatic rings. The summed E-state index contributed by atoms with van der Waals surface area (Å²) in [6.07, 6.45) is 6.37. The Bertz CT molecular complexity index is 321. The van der Waals surface area contributed by atoms with Gasteiger partial charge in [-0.15, -0.1) is 17.8 Å². The molecule has 76 valence electrons. The van der Waals surface area contributed by atoms with E-state index in [1.54, 1.807) is 0 Å². The number of hydrogen-bond acceptors (Lipinski definition) is 2. The molecule has 0 radical (unpaired) electrons. The van der Waals surface area contributed by atoms with Gasteiger partial charge in [-0.2, -0.15) is 0 Å². The molecule has 0 fully saturated rings. The Hall–Kier alpha value is -0.780. The number of nitrogens with one attached hydrogen (secondary N) is 1. The monoisotopic (exact) mass is 207 g/mol. The van der Waals surface area contributed by atoms with Crippen LogP contribution in [-0.4, -0.2) is 12.1 Å². The molecule has 1 N–H and O–H groups in total. The zero-order valence-corrected chi connectivity index (χ0v) is 9.82. The van der Waals surface area contributed by atoms with Crippen LogP contribution in [0.5, 0.6) is 0 Å². The summed E-state index contributed by atoms with van der Waals surface area (Å²) in [4.78, 5) is 2.80. The minimum atomic E-state index is 0.158. The van der Waals surface area contributed by atoms with Crippen molar-refractivity contribution in [1.29, 1.82) is 0 Å². The Morgan fingerprint density at radius 2 is 2.21 bits per heavy atom. The van der Waals surface area contributed by atoms with Crippen LogP contribution in [-0.2, 0) is 6.42 Å². The van der Waals surface area contributed by atoms with Crippen molar-refractivity contribution in [2.24, 2.45) is 0 Å². The lowest BCUT2D eigenvalue weighted by Gasteiger charge is -2.15. The average molecular weight is 207 g/mol. The maximum Gasteiger partial charge on any atom is 0.0660 e. The first kappa shape index (κ1) is 11.3. The van der Waals surface area contributed by atoms with E-state index >= 15 is 0 Å². The van der Waals surface area contributed by atoms with Gasteiger partial charge in [0.25, 0.3) is 0 Å². The Labute approximate surface area is 90.5 Å². The van der Waals surface area contributed by atoms with Gasteiger partial charge in [-0.25, -0.2) is 0 Å². The second-order valence-corrected chi connectivity index (χ2v) is 5.05. The molecule has 1 aromatic rings. The average Bonchev–Trinajstić information content (AvgIpc) is 2.50. The summed E-state index contributed by atoms with van der Waals surface area (Å²) in [6, 6.07) is 4.96. The summed E-state index contributed by atoms with van der Waals surface area (Å²) >= 11 is 1.86. The van der Waals surface area contributed by atoms with Gasteiger partial charge in [-0.05, 0) is 39.3 Å². The summed E-state index contributed by atoms with van der Waals surface area (Å²) in [5.41, 5.74) is 0. The van der Waals surface area contributed by atoms with Crippen LogP contribution < -0.4 is 5.32 Å². The van der Waals surface area contributed by atoms with E-state index in [1.165, 1.54) is 9.75 Å². The van der Waals surface area contributed by atoms with Gasteiger partial charge in [0.1, 0.15) is 0 Å². The molecule has 1 aromatic heterocycles. The van der Waals surface area contributed by atoms with Crippen LogP contribution in [0.15, 0.2) is 12.1 Å². The third kappa shape index (κ3) is 3.53. The van der Waals surface area contributed by atoms with Crippen LogP contribution in [0.3, 0.4) is 0 Å². The van der Waals surface area contributed by atoms with Crippen molar-refractivity contribution >= 4 is 11.3 Å². The Morgan fingerprint density at radius 1 is 1.50 bits per heavy atom. The highest BCUT2D eigenvalue weighted by Gasteiger charge is 2.06. The van der Waals surface area contributed by atoms with E-state index in [0.717, 1.165) is 6.42 Å². The molecule has 0 aliphatic heterocycles. The third-order valence-corrected chi connectivity index (χ3v) is 3.11. The molecule has 1 rings (SSSR count). The smallest absolute Gasteiger partial charge is 0.0660 e. The first-order valence-electron chi connectivity index (χ1n) is 4.89. The van der Waals surface area contributed by atoms with Gasteiger partial charge < -0.3 is 5.32 Å². The lowest BCUT2D eigenvalue weighted by molar-refractivity contribution is 0.524. The standard InChI is InChI=1S/C12H17NS/c1-5-9(2)13-10(3)8-12-7-6-11(4)14-12/h1,6-7,9-10,13H,8H2,2-4H3. The van der Waals surface area contributed by atoms with Crippen molar-refractivity contribution in [2.45, 2.75) is 39.3 Å². The highest BCUT2D eigenvalue weighted by atomic mass is 32.1. The molecule has 0 bridgehead atoms. The number of rotatable bonds is 4. The number of aryl methyl sites for hydroxylation is 1. The van der Waals surface area contributed by atoms with Gasteiger partial charge in [0.2, 0.25) is 0 Å². The van der Waals surface area contributed by atoms with E-state index in [9.17, 15) is 0 Å². The van der Waals surface area contributed by atoms with Gasteiger partial charge in [0, 0.05) is 15.8 Å². The molecule has 2 heteroatoms. The number of hydrogen-bond donors (Lipinski definition) is 1. The maximum atomic E-state index is 5.31. The Balaban J connectivity index is 2.42. The lowest BCUT2D eigenvalue weighted by atomic mass is 10.2. The van der Waals surface area contributed by atoms with Crippen molar-refractivity contribution in [3.8, 4) is 12.3 Å². The largest absolute Gasteiger partial charge is 0.301 e. The fourth-order valence-corrected chi connectivity index (χ4v) is 2.45. The van der Waals surface area contributed by atoms with Crippen LogP contribution in [0.2, 0.25) is 0 Å². The molecule has 0 aromatic carbocycles. The zero-order chi connectivity index (χ0) is 10.6. The maximum absolute atomic E-state index is 5.31. The van der Waals surface area contributed by atoms with Crippen molar-refractivity contribution < 1.29 is 0 Å². The quantitative estimate of drug-likeness (QED) is 0.748. The Morgan fingerprint density at radius 3 is 2.71 bits per heavy atom. The molecule has 1 heterocycles. The Kier molecular flexibility index (Phi) is 4.19. The second kappa shape index (κ2) is 5.19. The topological polar surface area (TPSA) is 12.0 Å². The van der Waals surface area contributed by atoms with Gasteiger partial charge in [0.15, 0.2) is 0 Å². The summed E-state index contributed by atoms with van der Waals surface area (Å²) < 4.78 is 0. The van der Waals surface area contributed by atoms with E-state index in [-0.39, 0.29) is 6.04 Å². The first-order valence-corrected chi connectivity index (χ1v) is 5.71. The number of terminal acetylenes is 1. The SMILES string of the molecule is C#CC(C)NC(C)Cc1ccc(C)s1. The van der Waals surface area contributed by atoms with E-state index < -0.39 is 0 Å². The number of thiophene rings is 1. The fraction of sp³-hybridized carbons (Fsp3) is 0.500. The fourth-order valence-electron chi connectivity index (χ4n) is 1.43. The normalized spacial score (nSPS) is 14.7. The predicted octanol–water partition coefficient (Wildman–Crippen LogP) is 2.60. The predicted molar refractivity (Wildman–Crippen MR) is 63.7 cm³/mol. The minimum Gasteiger partial charge on any atom is -0.301 e. The molecule has 0 spiro atoms. The molecule has 0 amide bonds. The van der Waals surface area contributed by atoms with Gasteiger partial charge in [0.05, 0.1) is 6.04 Å². The van der Waals surface area contributed by atoms with Gasteiger partial charge >= 0.3 is 0 Å². The molecule has 0 saturated heterocycles. The summed E-state index contributed by atoms with van der Waals surface area (Å²) in [6.45, 7) is 6.31. The van der Waals surface area contributed by atoms with Crippen LogP contribution in [0.4, 0.5) is 0 Å². The van der Waals surface area contributed by atoms with Crippen molar-refractivity contribution in [3.63, 3.8) is 0 Å². The molecule has 2 atom stereocenters. The first-order chi connectivity index (χ1) is 6.61. The van der Waals surface area contributed by atoms with Crippen LogP contribution in [0, 0.1) is 19.3 Å². The highest BCUT2D eigenvalue weighted by molar-refractivity contribution is 7.11. The molecule has 0 saturated carbocycles. The van der Waals surface area contributed by atoms with Crippen LogP contribution >= 0.6 is 11.3 Å². The van der Waals surface area contributed by atoms with Crippen molar-refractivity contribution in [3.05, 3.63) is 21.9 Å². The molecular weight excluding hydrogens is 190 g/mol. The molecular formula is C12H17NS. The summed E-state index contributed by atoms with van der Waals surface area (Å²) in [7, 11) is 0. The van der Waals surface area contributed by atoms with Gasteiger partial charge in [-0.1, -0.05) is 5.92 Å². The molecule has 14 heavy (non-hydrogen) atoms. The summed E-state index contributed by atoms with van der Waals surface area (Å²) in [5, 5.41) is 3.36. The third-order valence-electron chi connectivity index (χ3n) is 2.09. The lowest BCUT2D eigenvalue weighted by Crippen LogP contribution is -2.34. The molecule has 1 nitrogen and oxygen atoms in total. The summed E-state index contributed by atoms with van der Waals surface area (Å²) in [5.74, 6) is 2.68. The van der Waals surface area contributed by atoms with E-state index in [0.29, 0.717) is 6.04 Å². The van der Waals surface area contributed by atoms with Gasteiger partial charge in [-0.3, -0.25) is 0 Å². The van der Waals surface area contributed by atoms with Crippen LogP contribution in [0.25, 0.3) is 0 Å². The molecule has 2 unspecified atom stereocenters. The second-order valence-electron chi connectivity index (χ2n) is 3.67. The zero-order valence-electron chi connectivity index (χ0n) is 9.00. The van der Waals surface area contributed by atoms with E-state index in [1.807, 2.05) is 18.3 Å².